The van der Waals surface area contributed by atoms with Crippen molar-refractivity contribution >= 4 is 5.52 Å². The second kappa shape index (κ2) is 3.18. The van der Waals surface area contributed by atoms with Gasteiger partial charge < -0.3 is 10.1 Å². The van der Waals surface area contributed by atoms with Gasteiger partial charge in [0.05, 0.1) is 18.0 Å². The third kappa shape index (κ3) is 1.70. The molecular weight excluding hydrogens is 162 g/mol. The minimum absolute atomic E-state index is 0.213. The second-order valence-corrected chi connectivity index (χ2v) is 3.44. The minimum atomic E-state index is 0.213. The van der Waals surface area contributed by atoms with Crippen LogP contribution in [0.4, 0.5) is 0 Å². The highest BCUT2D eigenvalue weighted by Crippen LogP contribution is 2.07. The van der Waals surface area contributed by atoms with Crippen LogP contribution in [0.15, 0.2) is 30.9 Å². The Morgan fingerprint density at radius 2 is 2.46 bits per heavy atom. The number of fused-ring (bicyclic) bond motifs is 1. The van der Waals surface area contributed by atoms with Crippen molar-refractivity contribution in [2.45, 2.75) is 19.4 Å². The highest BCUT2D eigenvalue weighted by Gasteiger charge is 1.99. The van der Waals surface area contributed by atoms with Crippen molar-refractivity contribution < 1.29 is 0 Å². The van der Waals surface area contributed by atoms with Crippen molar-refractivity contribution in [1.82, 2.24) is 9.38 Å². The van der Waals surface area contributed by atoms with Gasteiger partial charge in [0.15, 0.2) is 0 Å². The van der Waals surface area contributed by atoms with Gasteiger partial charge in [-0.2, -0.15) is 0 Å². The Hall–Kier alpha value is -1.35. The average molecular weight is 175 g/mol. The minimum Gasteiger partial charge on any atom is -0.328 e. The van der Waals surface area contributed by atoms with Crippen molar-refractivity contribution in [2.24, 2.45) is 5.73 Å². The van der Waals surface area contributed by atoms with Gasteiger partial charge in [-0.05, 0) is 31.0 Å². The number of pyridine rings is 1. The molecule has 3 nitrogen and oxygen atoms in total. The molecule has 2 heterocycles. The molecule has 2 rings (SSSR count). The Bertz CT molecular complexity index is 403. The third-order valence-corrected chi connectivity index (χ3v) is 2.04. The van der Waals surface area contributed by atoms with Crippen LogP contribution in [0.25, 0.3) is 5.52 Å². The Kier molecular flexibility index (Phi) is 2.02. The van der Waals surface area contributed by atoms with Gasteiger partial charge in [0.1, 0.15) is 0 Å². The van der Waals surface area contributed by atoms with Gasteiger partial charge in [0.25, 0.3) is 0 Å². The van der Waals surface area contributed by atoms with Crippen molar-refractivity contribution in [2.75, 3.05) is 0 Å². The molecule has 0 fully saturated rings. The molecule has 3 heteroatoms. The van der Waals surface area contributed by atoms with Crippen LogP contribution in [0.1, 0.15) is 12.5 Å². The Morgan fingerprint density at radius 3 is 3.23 bits per heavy atom. The molecule has 0 bridgehead atoms. The van der Waals surface area contributed by atoms with Gasteiger partial charge in [-0.25, -0.2) is 4.98 Å². The molecule has 0 saturated heterocycles. The fourth-order valence-corrected chi connectivity index (χ4v) is 1.46. The van der Waals surface area contributed by atoms with Gasteiger partial charge in [-0.15, -0.1) is 0 Å². The molecule has 0 aliphatic carbocycles. The van der Waals surface area contributed by atoms with Crippen LogP contribution in [0.2, 0.25) is 0 Å². The predicted molar refractivity (Wildman–Crippen MR) is 52.5 cm³/mol. The highest BCUT2D eigenvalue weighted by atomic mass is 15.0. The van der Waals surface area contributed by atoms with Crippen LogP contribution in [0, 0.1) is 0 Å². The van der Waals surface area contributed by atoms with Crippen molar-refractivity contribution in [3.8, 4) is 0 Å². The van der Waals surface area contributed by atoms with Crippen LogP contribution in [0.3, 0.4) is 0 Å². The Morgan fingerprint density at radius 1 is 1.62 bits per heavy atom. The molecule has 0 amide bonds. The van der Waals surface area contributed by atoms with E-state index in [0.717, 1.165) is 11.9 Å². The fraction of sp³-hybridized carbons (Fsp3) is 0.300. The first kappa shape index (κ1) is 8.26. The van der Waals surface area contributed by atoms with E-state index in [-0.39, 0.29) is 6.04 Å². The summed E-state index contributed by atoms with van der Waals surface area (Å²) in [6.07, 6.45) is 6.58. The normalized spacial score (nSPS) is 13.4. The molecule has 1 atom stereocenters. The van der Waals surface area contributed by atoms with E-state index in [1.807, 2.05) is 23.7 Å². The number of hydrogen-bond acceptors (Lipinski definition) is 2. The Labute approximate surface area is 77.2 Å². The predicted octanol–water partition coefficient (Wildman–Crippen LogP) is 1.22. The molecule has 1 unspecified atom stereocenters. The van der Waals surface area contributed by atoms with E-state index in [4.69, 9.17) is 5.73 Å². The van der Waals surface area contributed by atoms with Crippen LogP contribution in [-0.2, 0) is 6.42 Å². The van der Waals surface area contributed by atoms with E-state index < -0.39 is 0 Å². The summed E-state index contributed by atoms with van der Waals surface area (Å²) < 4.78 is 1.99. The fourth-order valence-electron chi connectivity index (χ4n) is 1.46. The van der Waals surface area contributed by atoms with Gasteiger partial charge in [0, 0.05) is 12.2 Å². The third-order valence-electron chi connectivity index (χ3n) is 2.04. The van der Waals surface area contributed by atoms with Crippen LogP contribution < -0.4 is 5.73 Å². The van der Waals surface area contributed by atoms with Crippen molar-refractivity contribution in [1.29, 1.82) is 0 Å². The number of hydrogen-bond donors (Lipinski definition) is 1. The van der Waals surface area contributed by atoms with Crippen molar-refractivity contribution in [3.63, 3.8) is 0 Å². The van der Waals surface area contributed by atoms with Gasteiger partial charge in [-0.3, -0.25) is 0 Å². The monoisotopic (exact) mass is 175 g/mol. The topological polar surface area (TPSA) is 43.3 Å². The molecule has 0 spiro atoms. The van der Waals surface area contributed by atoms with E-state index in [0.29, 0.717) is 0 Å². The van der Waals surface area contributed by atoms with E-state index >= 15 is 0 Å². The number of imidazole rings is 1. The van der Waals surface area contributed by atoms with Gasteiger partial charge in [-0.1, -0.05) is 0 Å². The quantitative estimate of drug-likeness (QED) is 0.745. The summed E-state index contributed by atoms with van der Waals surface area (Å²) >= 11 is 0. The van der Waals surface area contributed by atoms with E-state index in [1.54, 1.807) is 6.33 Å². The van der Waals surface area contributed by atoms with Crippen molar-refractivity contribution in [3.05, 3.63) is 36.4 Å². The summed E-state index contributed by atoms with van der Waals surface area (Å²) in [4.78, 5) is 4.05. The zero-order chi connectivity index (χ0) is 9.26. The molecular formula is C10H13N3. The first-order chi connectivity index (χ1) is 6.25. The number of rotatable bonds is 2. The maximum atomic E-state index is 5.72. The van der Waals surface area contributed by atoms with Crippen LogP contribution in [-0.4, -0.2) is 15.4 Å². The maximum Gasteiger partial charge on any atom is 0.0991 e. The zero-order valence-corrected chi connectivity index (χ0v) is 7.64. The van der Waals surface area contributed by atoms with Crippen LogP contribution >= 0.6 is 0 Å². The standard InChI is InChI=1S/C10H13N3/c1-8(11)4-9-2-3-13-7-12-6-10(13)5-9/h2-3,5-8H,4,11H2,1H3. The molecule has 68 valence electrons. The van der Waals surface area contributed by atoms with E-state index in [2.05, 4.69) is 17.1 Å². The lowest BCUT2D eigenvalue weighted by molar-refractivity contribution is 0.737. The maximum absolute atomic E-state index is 5.72. The molecule has 0 aliphatic rings. The van der Waals surface area contributed by atoms with E-state index in [1.165, 1.54) is 5.56 Å². The lowest BCUT2D eigenvalue weighted by atomic mass is 10.1. The summed E-state index contributed by atoms with van der Waals surface area (Å²) in [6.45, 7) is 2.01. The first-order valence-electron chi connectivity index (χ1n) is 4.42. The SMILES string of the molecule is CC(N)Cc1ccn2cncc2c1. The van der Waals surface area contributed by atoms with E-state index in [9.17, 15) is 0 Å². The summed E-state index contributed by atoms with van der Waals surface area (Å²) in [5.41, 5.74) is 8.11. The Balaban J connectivity index is 2.37. The smallest absolute Gasteiger partial charge is 0.0991 e. The number of nitrogens with zero attached hydrogens (tertiary/aromatic N) is 2. The molecule has 0 saturated carbocycles. The van der Waals surface area contributed by atoms with Gasteiger partial charge >= 0.3 is 0 Å². The average Bonchev–Trinajstić information content (AvgIpc) is 2.49. The molecule has 0 radical (unpaired) electrons. The molecule has 2 N–H and O–H groups in total. The molecule has 2 aromatic heterocycles. The first-order valence-corrected chi connectivity index (χ1v) is 4.42. The highest BCUT2D eigenvalue weighted by molar-refractivity contribution is 5.46. The molecule has 0 aliphatic heterocycles. The summed E-state index contributed by atoms with van der Waals surface area (Å²) in [6, 6.07) is 4.42. The van der Waals surface area contributed by atoms with Crippen LogP contribution in [0.5, 0.6) is 0 Å². The lowest BCUT2D eigenvalue weighted by Crippen LogP contribution is -2.17. The summed E-state index contributed by atoms with van der Waals surface area (Å²) in [5, 5.41) is 0. The second-order valence-electron chi connectivity index (χ2n) is 3.44. The molecule has 2 aromatic rings. The number of nitrogens with two attached hydrogens (primary N) is 1. The number of aromatic nitrogens is 2. The summed E-state index contributed by atoms with van der Waals surface area (Å²) in [5.74, 6) is 0. The molecule has 13 heavy (non-hydrogen) atoms. The molecule has 0 aromatic carbocycles. The summed E-state index contributed by atoms with van der Waals surface area (Å²) in [7, 11) is 0. The van der Waals surface area contributed by atoms with Gasteiger partial charge in [0.2, 0.25) is 0 Å². The zero-order valence-electron chi connectivity index (χ0n) is 7.64. The largest absolute Gasteiger partial charge is 0.328 e. The lowest BCUT2D eigenvalue weighted by Gasteiger charge is -2.04.